The van der Waals surface area contributed by atoms with Gasteiger partial charge in [0.15, 0.2) is 0 Å². The Bertz CT molecular complexity index is 1150. The number of amides is 1. The Hall–Kier alpha value is -2.79. The van der Waals surface area contributed by atoms with Crippen LogP contribution in [0.2, 0.25) is 0 Å². The number of aromatic nitrogens is 3. The number of halogens is 2. The second-order valence-corrected chi connectivity index (χ2v) is 8.48. The van der Waals surface area contributed by atoms with Gasteiger partial charge in [-0.1, -0.05) is 19.1 Å². The molecule has 0 saturated carbocycles. The van der Waals surface area contributed by atoms with Crippen molar-refractivity contribution < 1.29 is 22.0 Å². The van der Waals surface area contributed by atoms with Crippen LogP contribution in [0, 0.1) is 0 Å². The third-order valence-corrected chi connectivity index (χ3v) is 6.00. The molecule has 0 spiro atoms. The number of hydrogen-bond acceptors (Lipinski definition) is 4. The Morgan fingerprint density at radius 3 is 2.62 bits per heavy atom. The van der Waals surface area contributed by atoms with Crippen LogP contribution in [0.15, 0.2) is 41.4 Å². The fraction of sp³-hybridized carbons (Fsp3) is 0.333. The number of alkyl halides is 2. The molecule has 2 heterocycles. The number of nitrogens with zero attached hydrogens (tertiary/aromatic N) is 3. The molecule has 0 radical (unpaired) electrons. The third kappa shape index (κ3) is 4.01. The van der Waals surface area contributed by atoms with Gasteiger partial charge in [0.25, 0.3) is 5.91 Å². The van der Waals surface area contributed by atoms with Crippen molar-refractivity contribution in [3.8, 4) is 0 Å². The molecule has 1 atom stereocenters. The number of carbonyl (C=O) groups excluding carboxylic acids is 1. The molecule has 0 unspecified atom stereocenters. The average molecular weight is 425 g/mol. The van der Waals surface area contributed by atoms with Gasteiger partial charge in [-0.05, 0) is 25.2 Å². The first-order valence-electron chi connectivity index (χ1n) is 8.78. The summed E-state index contributed by atoms with van der Waals surface area (Å²) in [4.78, 5) is 16.7. The molecule has 2 aromatic heterocycles. The van der Waals surface area contributed by atoms with E-state index in [1.54, 1.807) is 38.2 Å². The molecule has 156 valence electrons. The van der Waals surface area contributed by atoms with Crippen LogP contribution in [0.25, 0.3) is 11.0 Å². The van der Waals surface area contributed by atoms with E-state index in [1.165, 1.54) is 23.9 Å². The van der Waals surface area contributed by atoms with Crippen molar-refractivity contribution in [2.24, 2.45) is 7.05 Å². The first-order chi connectivity index (χ1) is 13.7. The first-order valence-corrected chi connectivity index (χ1v) is 10.3. The van der Waals surface area contributed by atoms with Gasteiger partial charge in [0.1, 0.15) is 16.4 Å². The summed E-state index contributed by atoms with van der Waals surface area (Å²) in [6.07, 6.45) is 1.32. The molecule has 11 heteroatoms. The van der Waals surface area contributed by atoms with Crippen LogP contribution in [0.4, 0.5) is 8.78 Å². The lowest BCUT2D eigenvalue weighted by Crippen LogP contribution is -2.30. The summed E-state index contributed by atoms with van der Waals surface area (Å²) in [6, 6.07) is 7.84. The maximum Gasteiger partial charge on any atom is 0.320 e. The number of nitrogens with one attached hydrogen (secondary N) is 2. The van der Waals surface area contributed by atoms with E-state index in [9.17, 15) is 22.0 Å². The fourth-order valence-corrected chi connectivity index (χ4v) is 3.87. The topological polar surface area (TPSA) is 98.0 Å². The molecule has 0 aliphatic carbocycles. The lowest BCUT2D eigenvalue weighted by Gasteiger charge is -2.15. The zero-order valence-corrected chi connectivity index (χ0v) is 16.9. The van der Waals surface area contributed by atoms with Gasteiger partial charge >= 0.3 is 6.55 Å². The zero-order chi connectivity index (χ0) is 21.3. The second-order valence-electron chi connectivity index (χ2n) is 6.60. The zero-order valence-electron chi connectivity index (χ0n) is 16.1. The van der Waals surface area contributed by atoms with Crippen LogP contribution < -0.4 is 10.0 Å². The predicted molar refractivity (Wildman–Crippen MR) is 103 cm³/mol. The van der Waals surface area contributed by atoms with E-state index >= 15 is 0 Å². The maximum absolute atomic E-state index is 13.6. The van der Waals surface area contributed by atoms with Gasteiger partial charge in [-0.3, -0.25) is 9.36 Å². The number of aryl methyl sites for hydroxylation is 1. The Kier molecular flexibility index (Phi) is 5.71. The van der Waals surface area contributed by atoms with Gasteiger partial charge in [-0.15, -0.1) is 0 Å². The van der Waals surface area contributed by atoms with Crippen LogP contribution in [0.1, 0.15) is 35.7 Å². The number of sulfonamides is 1. The summed E-state index contributed by atoms with van der Waals surface area (Å²) in [6.45, 7) is -1.03. The molecule has 0 saturated heterocycles. The minimum Gasteiger partial charge on any atom is -0.350 e. The molecule has 8 nitrogen and oxygen atoms in total. The molecule has 0 aliphatic heterocycles. The van der Waals surface area contributed by atoms with E-state index in [4.69, 9.17) is 0 Å². The van der Waals surface area contributed by atoms with E-state index < -0.39 is 28.4 Å². The Morgan fingerprint density at radius 2 is 1.97 bits per heavy atom. The lowest BCUT2D eigenvalue weighted by molar-refractivity contribution is 0.0703. The molecule has 2 N–H and O–H groups in total. The predicted octanol–water partition coefficient (Wildman–Crippen LogP) is 2.21. The Labute approximate surface area is 166 Å². The molecule has 0 bridgehead atoms. The van der Waals surface area contributed by atoms with Gasteiger partial charge in [0.2, 0.25) is 10.0 Å². The highest BCUT2D eigenvalue weighted by Crippen LogP contribution is 2.27. The van der Waals surface area contributed by atoms with Gasteiger partial charge in [0.05, 0.1) is 11.0 Å². The minimum atomic E-state index is -3.69. The quantitative estimate of drug-likeness (QED) is 0.606. The SMILES string of the molecule is CNS(=O)(=O)c1cc(C(=O)NC[C@@H](C)c2nc3ccccc3n2C(F)F)n(C)c1. The van der Waals surface area contributed by atoms with E-state index in [1.807, 2.05) is 0 Å². The van der Waals surface area contributed by atoms with Crippen LogP contribution in [0.5, 0.6) is 0 Å². The largest absolute Gasteiger partial charge is 0.350 e. The minimum absolute atomic E-state index is 0.0415. The van der Waals surface area contributed by atoms with Crippen molar-refractivity contribution in [3.05, 3.63) is 48.0 Å². The number of imidazole rings is 1. The van der Waals surface area contributed by atoms with Gasteiger partial charge < -0.3 is 9.88 Å². The number of benzene rings is 1. The second kappa shape index (κ2) is 7.91. The summed E-state index contributed by atoms with van der Waals surface area (Å²) < 4.78 is 55.4. The molecular formula is C18H21F2N5O3S. The molecular weight excluding hydrogens is 404 g/mol. The summed E-state index contributed by atoms with van der Waals surface area (Å²) in [7, 11) is -0.864. The number of carbonyl (C=O) groups is 1. The molecule has 29 heavy (non-hydrogen) atoms. The maximum atomic E-state index is 13.6. The van der Waals surface area contributed by atoms with E-state index in [2.05, 4.69) is 15.0 Å². The van der Waals surface area contributed by atoms with Crippen LogP contribution in [0.3, 0.4) is 0 Å². The average Bonchev–Trinajstić information content (AvgIpc) is 3.27. The summed E-state index contributed by atoms with van der Waals surface area (Å²) in [5, 5.41) is 2.66. The van der Waals surface area contributed by atoms with Crippen molar-refractivity contribution in [1.29, 1.82) is 0 Å². The highest BCUT2D eigenvalue weighted by molar-refractivity contribution is 7.89. The van der Waals surface area contributed by atoms with Crippen molar-refractivity contribution in [3.63, 3.8) is 0 Å². The van der Waals surface area contributed by atoms with Crippen molar-refractivity contribution in [1.82, 2.24) is 24.2 Å². The molecule has 0 fully saturated rings. The highest BCUT2D eigenvalue weighted by atomic mass is 32.2. The summed E-state index contributed by atoms with van der Waals surface area (Å²) in [5.74, 6) is -0.857. The number of para-hydroxylation sites is 2. The summed E-state index contributed by atoms with van der Waals surface area (Å²) >= 11 is 0. The third-order valence-electron chi connectivity index (χ3n) is 4.62. The number of rotatable bonds is 7. The van der Waals surface area contributed by atoms with E-state index in [-0.39, 0.29) is 23.0 Å². The highest BCUT2D eigenvalue weighted by Gasteiger charge is 2.23. The Balaban J connectivity index is 1.80. The van der Waals surface area contributed by atoms with Crippen molar-refractivity contribution in [2.75, 3.05) is 13.6 Å². The monoisotopic (exact) mass is 425 g/mol. The molecule has 3 aromatic rings. The van der Waals surface area contributed by atoms with Gasteiger partial charge in [0, 0.05) is 25.7 Å². The number of hydrogen-bond donors (Lipinski definition) is 2. The Morgan fingerprint density at radius 1 is 1.28 bits per heavy atom. The van der Waals surface area contributed by atoms with Crippen molar-refractivity contribution >= 4 is 27.0 Å². The molecule has 0 aliphatic rings. The van der Waals surface area contributed by atoms with E-state index in [0.717, 1.165) is 4.57 Å². The lowest BCUT2D eigenvalue weighted by atomic mass is 10.1. The summed E-state index contributed by atoms with van der Waals surface area (Å²) in [5.41, 5.74) is 0.902. The first kappa shape index (κ1) is 20.9. The fourth-order valence-electron chi connectivity index (χ4n) is 3.07. The van der Waals surface area contributed by atoms with Gasteiger partial charge in [-0.25, -0.2) is 18.1 Å². The van der Waals surface area contributed by atoms with E-state index in [0.29, 0.717) is 11.0 Å². The van der Waals surface area contributed by atoms with Gasteiger partial charge in [-0.2, -0.15) is 8.78 Å². The van der Waals surface area contributed by atoms with Crippen LogP contribution in [-0.4, -0.2) is 42.0 Å². The molecule has 3 rings (SSSR count). The molecule has 1 aromatic carbocycles. The molecule has 1 amide bonds. The van der Waals surface area contributed by atoms with Crippen molar-refractivity contribution in [2.45, 2.75) is 24.3 Å². The van der Waals surface area contributed by atoms with Crippen LogP contribution >= 0.6 is 0 Å². The number of fused-ring (bicyclic) bond motifs is 1. The smallest absolute Gasteiger partial charge is 0.320 e. The van der Waals surface area contributed by atoms with Crippen LogP contribution in [-0.2, 0) is 17.1 Å². The standard InChI is InChI=1S/C18H21F2N5O3S/c1-11(16-23-13-6-4-5-7-14(13)25(16)18(19)20)9-22-17(26)15-8-12(10-24(15)3)29(27,28)21-2/h4-8,10-11,18,21H,9H2,1-3H3,(H,22,26)/t11-/m1/s1. The normalized spacial score (nSPS) is 13.2.